The molecule has 0 aliphatic rings. The van der Waals surface area contributed by atoms with Crippen molar-refractivity contribution >= 4 is 11.6 Å². The third-order valence-electron chi connectivity index (χ3n) is 1.95. The fourth-order valence-corrected chi connectivity index (χ4v) is 1.07. The van der Waals surface area contributed by atoms with E-state index in [0.717, 1.165) is 0 Å². The normalized spacial score (nSPS) is 11.7. The second-order valence-corrected chi connectivity index (χ2v) is 3.21. The van der Waals surface area contributed by atoms with Crippen molar-refractivity contribution in [1.82, 2.24) is 0 Å². The van der Waals surface area contributed by atoms with Gasteiger partial charge in [-0.3, -0.25) is 4.79 Å². The van der Waals surface area contributed by atoms with Crippen LogP contribution < -0.4 is 10.1 Å². The summed E-state index contributed by atoms with van der Waals surface area (Å²) in [6.45, 7) is -1.56. The number of carbonyl (C=O) groups is 1. The SMILES string of the molecule is CC(C#N)C(=O)Nc1ccccc1OC(F)F. The van der Waals surface area contributed by atoms with Gasteiger partial charge in [0, 0.05) is 0 Å². The van der Waals surface area contributed by atoms with Crippen molar-refractivity contribution in [3.05, 3.63) is 24.3 Å². The Bertz CT molecular complexity index is 443. The molecule has 0 fully saturated rings. The van der Waals surface area contributed by atoms with Gasteiger partial charge in [0.2, 0.25) is 5.91 Å². The molecule has 6 heteroatoms. The molecule has 1 aromatic carbocycles. The molecule has 1 rings (SSSR count). The Morgan fingerprint density at radius 2 is 2.12 bits per heavy atom. The van der Waals surface area contributed by atoms with Crippen LogP contribution in [0.2, 0.25) is 0 Å². The largest absolute Gasteiger partial charge is 0.433 e. The Labute approximate surface area is 96.8 Å². The number of nitriles is 1. The number of para-hydroxylation sites is 2. The van der Waals surface area contributed by atoms with Crippen molar-refractivity contribution in [3.8, 4) is 11.8 Å². The standard InChI is InChI=1S/C11H10F2N2O2/c1-7(6-14)10(16)15-8-4-2-3-5-9(8)17-11(12)13/h2-5,7,11H,1H3,(H,15,16). The van der Waals surface area contributed by atoms with E-state index in [0.29, 0.717) is 0 Å². The van der Waals surface area contributed by atoms with Crippen LogP contribution in [0.15, 0.2) is 24.3 Å². The first-order valence-corrected chi connectivity index (χ1v) is 4.79. The molecule has 1 aromatic rings. The van der Waals surface area contributed by atoms with Gasteiger partial charge >= 0.3 is 6.61 Å². The van der Waals surface area contributed by atoms with Crippen LogP contribution in [0, 0.1) is 17.2 Å². The third-order valence-corrected chi connectivity index (χ3v) is 1.95. The molecule has 17 heavy (non-hydrogen) atoms. The van der Waals surface area contributed by atoms with Gasteiger partial charge < -0.3 is 10.1 Å². The highest BCUT2D eigenvalue weighted by Gasteiger charge is 2.15. The minimum absolute atomic E-state index is 0.111. The summed E-state index contributed by atoms with van der Waals surface area (Å²) in [5.74, 6) is -1.58. The number of anilines is 1. The van der Waals surface area contributed by atoms with Crippen LogP contribution in [-0.4, -0.2) is 12.5 Å². The Morgan fingerprint density at radius 3 is 2.71 bits per heavy atom. The van der Waals surface area contributed by atoms with Crippen molar-refractivity contribution in [2.75, 3.05) is 5.32 Å². The molecule has 0 spiro atoms. The van der Waals surface area contributed by atoms with E-state index in [1.54, 1.807) is 12.1 Å². The van der Waals surface area contributed by atoms with Gasteiger partial charge in [-0.05, 0) is 19.1 Å². The minimum Gasteiger partial charge on any atom is -0.433 e. The van der Waals surface area contributed by atoms with Crippen LogP contribution in [0.5, 0.6) is 5.75 Å². The number of ether oxygens (including phenoxy) is 1. The highest BCUT2D eigenvalue weighted by atomic mass is 19.3. The van der Waals surface area contributed by atoms with E-state index in [2.05, 4.69) is 10.1 Å². The molecule has 1 atom stereocenters. The number of hydrogen-bond donors (Lipinski definition) is 1. The van der Waals surface area contributed by atoms with E-state index in [4.69, 9.17) is 5.26 Å². The number of halogens is 2. The monoisotopic (exact) mass is 240 g/mol. The first-order chi connectivity index (χ1) is 8.04. The molecular weight excluding hydrogens is 230 g/mol. The Kier molecular flexibility index (Phi) is 4.40. The van der Waals surface area contributed by atoms with E-state index in [1.165, 1.54) is 25.1 Å². The van der Waals surface area contributed by atoms with Crippen LogP contribution in [0.3, 0.4) is 0 Å². The molecule has 0 bridgehead atoms. The Hall–Kier alpha value is -2.16. The van der Waals surface area contributed by atoms with Crippen LogP contribution in [0.4, 0.5) is 14.5 Å². The van der Waals surface area contributed by atoms with Crippen LogP contribution in [-0.2, 0) is 4.79 Å². The molecule has 1 unspecified atom stereocenters. The maximum Gasteiger partial charge on any atom is 0.387 e. The number of nitrogens with one attached hydrogen (secondary N) is 1. The smallest absolute Gasteiger partial charge is 0.387 e. The zero-order valence-electron chi connectivity index (χ0n) is 8.98. The fraction of sp³-hybridized carbons (Fsp3) is 0.273. The van der Waals surface area contributed by atoms with Gasteiger partial charge in [0.1, 0.15) is 11.7 Å². The van der Waals surface area contributed by atoms with Gasteiger partial charge in [0.05, 0.1) is 11.8 Å². The predicted octanol–water partition coefficient (Wildman–Crippen LogP) is 2.39. The second-order valence-electron chi connectivity index (χ2n) is 3.21. The van der Waals surface area contributed by atoms with Gasteiger partial charge in [-0.25, -0.2) is 0 Å². The minimum atomic E-state index is -2.97. The molecule has 4 nitrogen and oxygen atoms in total. The highest BCUT2D eigenvalue weighted by Crippen LogP contribution is 2.25. The van der Waals surface area contributed by atoms with Crippen molar-refractivity contribution in [2.45, 2.75) is 13.5 Å². The van der Waals surface area contributed by atoms with Gasteiger partial charge in [-0.15, -0.1) is 0 Å². The number of alkyl halides is 2. The summed E-state index contributed by atoms with van der Waals surface area (Å²) >= 11 is 0. The predicted molar refractivity (Wildman–Crippen MR) is 56.5 cm³/mol. The Balaban J connectivity index is 2.84. The van der Waals surface area contributed by atoms with Crippen molar-refractivity contribution in [2.24, 2.45) is 5.92 Å². The fourth-order valence-electron chi connectivity index (χ4n) is 1.07. The molecule has 0 aromatic heterocycles. The first kappa shape index (κ1) is 12.9. The lowest BCUT2D eigenvalue weighted by Gasteiger charge is -2.11. The van der Waals surface area contributed by atoms with E-state index in [1.807, 2.05) is 0 Å². The first-order valence-electron chi connectivity index (χ1n) is 4.79. The summed E-state index contributed by atoms with van der Waals surface area (Å²) in [4.78, 5) is 11.4. The summed E-state index contributed by atoms with van der Waals surface area (Å²) in [6, 6.07) is 7.53. The maximum absolute atomic E-state index is 12.1. The third kappa shape index (κ3) is 3.72. The van der Waals surface area contributed by atoms with Crippen LogP contribution >= 0.6 is 0 Å². The summed E-state index contributed by atoms with van der Waals surface area (Å²) in [7, 11) is 0. The summed E-state index contributed by atoms with van der Waals surface area (Å²) in [6.07, 6.45) is 0. The van der Waals surface area contributed by atoms with Crippen LogP contribution in [0.1, 0.15) is 6.92 Å². The molecule has 90 valence electrons. The summed E-state index contributed by atoms with van der Waals surface area (Å²) < 4.78 is 28.4. The topological polar surface area (TPSA) is 62.1 Å². The zero-order valence-corrected chi connectivity index (χ0v) is 8.98. The molecule has 1 amide bonds. The highest BCUT2D eigenvalue weighted by molar-refractivity contribution is 5.95. The molecule has 1 N–H and O–H groups in total. The summed E-state index contributed by atoms with van der Waals surface area (Å²) in [5.41, 5.74) is 0.111. The van der Waals surface area contributed by atoms with Gasteiger partial charge in [-0.2, -0.15) is 14.0 Å². The molecular formula is C11H10F2N2O2. The lowest BCUT2D eigenvalue weighted by Crippen LogP contribution is -2.19. The van der Waals surface area contributed by atoms with Crippen molar-refractivity contribution in [1.29, 1.82) is 5.26 Å². The number of benzene rings is 1. The molecule has 0 saturated carbocycles. The quantitative estimate of drug-likeness (QED) is 0.878. The lowest BCUT2D eigenvalue weighted by atomic mass is 10.2. The van der Waals surface area contributed by atoms with Crippen molar-refractivity contribution < 1.29 is 18.3 Å². The van der Waals surface area contributed by atoms with Gasteiger partial charge in [0.15, 0.2) is 0 Å². The molecule has 0 aliphatic heterocycles. The average molecular weight is 240 g/mol. The molecule has 0 aliphatic carbocycles. The molecule has 0 saturated heterocycles. The molecule has 0 radical (unpaired) electrons. The lowest BCUT2D eigenvalue weighted by molar-refractivity contribution is -0.118. The van der Waals surface area contributed by atoms with E-state index in [9.17, 15) is 13.6 Å². The number of carbonyl (C=O) groups excluding carboxylic acids is 1. The summed E-state index contributed by atoms with van der Waals surface area (Å²) in [5, 5.41) is 10.9. The van der Waals surface area contributed by atoms with Gasteiger partial charge in [0.25, 0.3) is 0 Å². The van der Waals surface area contributed by atoms with E-state index in [-0.39, 0.29) is 11.4 Å². The van der Waals surface area contributed by atoms with Gasteiger partial charge in [-0.1, -0.05) is 12.1 Å². The molecule has 0 heterocycles. The van der Waals surface area contributed by atoms with Crippen LogP contribution in [0.25, 0.3) is 0 Å². The van der Waals surface area contributed by atoms with E-state index < -0.39 is 18.4 Å². The number of rotatable bonds is 4. The average Bonchev–Trinajstić information content (AvgIpc) is 2.29. The van der Waals surface area contributed by atoms with E-state index >= 15 is 0 Å². The number of amides is 1. The second kappa shape index (κ2) is 5.80. The number of hydrogen-bond acceptors (Lipinski definition) is 3. The zero-order chi connectivity index (χ0) is 12.8. The maximum atomic E-state index is 12.1. The Morgan fingerprint density at radius 1 is 1.47 bits per heavy atom. The van der Waals surface area contributed by atoms with Crippen molar-refractivity contribution in [3.63, 3.8) is 0 Å². The number of nitrogens with zero attached hydrogens (tertiary/aromatic N) is 1.